The summed E-state index contributed by atoms with van der Waals surface area (Å²) in [4.78, 5) is 14.5. The van der Waals surface area contributed by atoms with E-state index < -0.39 is 0 Å². The molecular weight excluding hydrogens is 272 g/mol. The van der Waals surface area contributed by atoms with Gasteiger partial charge in [-0.15, -0.1) is 0 Å². The van der Waals surface area contributed by atoms with Crippen molar-refractivity contribution < 1.29 is 4.79 Å². The summed E-state index contributed by atoms with van der Waals surface area (Å²) in [7, 11) is 0. The van der Waals surface area contributed by atoms with Gasteiger partial charge in [0.05, 0.1) is 6.04 Å². The zero-order chi connectivity index (χ0) is 14.3. The van der Waals surface area contributed by atoms with Crippen molar-refractivity contribution in [2.45, 2.75) is 38.9 Å². The molecule has 20 heavy (non-hydrogen) atoms. The summed E-state index contributed by atoms with van der Waals surface area (Å²) in [6.45, 7) is 5.17. The average Bonchev–Trinajstić information content (AvgIpc) is 3.03. The van der Waals surface area contributed by atoms with Gasteiger partial charge in [0.2, 0.25) is 5.91 Å². The van der Waals surface area contributed by atoms with Crippen LogP contribution in [0, 0.1) is 11.8 Å². The molecular formula is C16H21ClN2O. The van der Waals surface area contributed by atoms with Crippen LogP contribution in [0.3, 0.4) is 0 Å². The minimum atomic E-state index is -0.0620. The van der Waals surface area contributed by atoms with Gasteiger partial charge in [0, 0.05) is 11.6 Å². The first kappa shape index (κ1) is 13.9. The molecule has 1 amide bonds. The molecule has 4 atom stereocenters. The van der Waals surface area contributed by atoms with Gasteiger partial charge in [-0.3, -0.25) is 10.1 Å². The van der Waals surface area contributed by atoms with E-state index in [0.717, 1.165) is 29.5 Å². The number of amides is 1. The Morgan fingerprint density at radius 1 is 1.45 bits per heavy atom. The van der Waals surface area contributed by atoms with Crippen LogP contribution in [0.5, 0.6) is 0 Å². The molecule has 1 N–H and O–H groups in total. The smallest absolute Gasteiger partial charge is 0.241 e. The molecule has 4 heteroatoms. The first-order valence-electron chi connectivity index (χ1n) is 7.42. The molecule has 2 fully saturated rings. The number of hydrogen-bond donors (Lipinski definition) is 1. The third kappa shape index (κ3) is 2.57. The summed E-state index contributed by atoms with van der Waals surface area (Å²) in [5.41, 5.74) is 1.08. The predicted octanol–water partition coefficient (Wildman–Crippen LogP) is 3.21. The van der Waals surface area contributed by atoms with Crippen LogP contribution in [-0.4, -0.2) is 23.4 Å². The molecule has 3 rings (SSSR count). The summed E-state index contributed by atoms with van der Waals surface area (Å²) in [6.07, 6.45) is 2.04. The van der Waals surface area contributed by atoms with Crippen molar-refractivity contribution >= 4 is 17.5 Å². The fourth-order valence-corrected chi connectivity index (χ4v) is 3.22. The Morgan fingerprint density at radius 3 is 2.80 bits per heavy atom. The fourth-order valence-electron chi connectivity index (χ4n) is 3.03. The third-order valence-electron chi connectivity index (χ3n) is 4.53. The molecule has 1 saturated heterocycles. The molecule has 1 heterocycles. The number of halogens is 1. The number of hydrogen-bond acceptors (Lipinski definition) is 2. The molecule has 1 saturated carbocycles. The van der Waals surface area contributed by atoms with Gasteiger partial charge in [-0.25, -0.2) is 0 Å². The highest BCUT2D eigenvalue weighted by Gasteiger charge is 2.43. The van der Waals surface area contributed by atoms with Crippen LogP contribution >= 0.6 is 11.6 Å². The molecule has 108 valence electrons. The summed E-state index contributed by atoms with van der Waals surface area (Å²) in [6, 6.07) is 7.74. The summed E-state index contributed by atoms with van der Waals surface area (Å²) < 4.78 is 0. The SMILES string of the molecule is CCC1NC(c2cccc(Cl)c2)N(CC2CC2C)C1=O. The maximum Gasteiger partial charge on any atom is 0.241 e. The second kappa shape index (κ2) is 5.38. The largest absolute Gasteiger partial charge is 0.321 e. The van der Waals surface area contributed by atoms with Gasteiger partial charge in [0.15, 0.2) is 0 Å². The number of carbonyl (C=O) groups is 1. The zero-order valence-electron chi connectivity index (χ0n) is 12.0. The number of nitrogens with zero attached hydrogens (tertiary/aromatic N) is 1. The molecule has 0 spiro atoms. The van der Waals surface area contributed by atoms with E-state index in [4.69, 9.17) is 11.6 Å². The quantitative estimate of drug-likeness (QED) is 0.924. The van der Waals surface area contributed by atoms with Crippen LogP contribution in [0.4, 0.5) is 0 Å². The van der Waals surface area contributed by atoms with E-state index in [2.05, 4.69) is 12.2 Å². The van der Waals surface area contributed by atoms with Crippen LogP contribution in [0.25, 0.3) is 0 Å². The van der Waals surface area contributed by atoms with E-state index in [1.807, 2.05) is 36.1 Å². The van der Waals surface area contributed by atoms with Gasteiger partial charge in [0.25, 0.3) is 0 Å². The summed E-state index contributed by atoms with van der Waals surface area (Å²) >= 11 is 6.09. The molecule has 0 aromatic heterocycles. The van der Waals surface area contributed by atoms with Crippen molar-refractivity contribution in [1.82, 2.24) is 10.2 Å². The van der Waals surface area contributed by atoms with Crippen LogP contribution in [0.2, 0.25) is 5.02 Å². The standard InChI is InChI=1S/C16H21ClN2O/c1-3-14-16(20)19(9-12-7-10(12)2)15(18-14)11-5-4-6-13(17)8-11/h4-6,8,10,12,14-15,18H,3,7,9H2,1-2H3. The van der Waals surface area contributed by atoms with Crippen molar-refractivity contribution in [2.75, 3.05) is 6.54 Å². The Hall–Kier alpha value is -1.06. The topological polar surface area (TPSA) is 32.3 Å². The van der Waals surface area contributed by atoms with Gasteiger partial charge in [-0.2, -0.15) is 0 Å². The normalized spacial score (nSPS) is 32.8. The first-order valence-corrected chi connectivity index (χ1v) is 7.80. The minimum Gasteiger partial charge on any atom is -0.321 e. The van der Waals surface area contributed by atoms with Gasteiger partial charge in [-0.05, 0) is 42.4 Å². The number of rotatable bonds is 4. The number of carbonyl (C=O) groups excluding carboxylic acids is 1. The third-order valence-corrected chi connectivity index (χ3v) is 4.77. The van der Waals surface area contributed by atoms with Gasteiger partial charge < -0.3 is 4.90 Å². The Balaban J connectivity index is 1.84. The average molecular weight is 293 g/mol. The Bertz CT molecular complexity index is 519. The highest BCUT2D eigenvalue weighted by Crippen LogP contribution is 2.40. The summed E-state index contributed by atoms with van der Waals surface area (Å²) in [5.74, 6) is 1.65. The minimum absolute atomic E-state index is 0.0288. The molecule has 1 aliphatic heterocycles. The monoisotopic (exact) mass is 292 g/mol. The Labute approximate surface area is 125 Å². The molecule has 3 nitrogen and oxygen atoms in total. The van der Waals surface area contributed by atoms with Crippen molar-refractivity contribution in [3.63, 3.8) is 0 Å². The second-order valence-electron chi connectivity index (χ2n) is 6.05. The highest BCUT2D eigenvalue weighted by atomic mass is 35.5. The molecule has 4 unspecified atom stereocenters. The van der Waals surface area contributed by atoms with Gasteiger partial charge in [0.1, 0.15) is 6.17 Å². The van der Waals surface area contributed by atoms with Crippen molar-refractivity contribution in [2.24, 2.45) is 11.8 Å². The molecule has 1 aromatic rings. The lowest BCUT2D eigenvalue weighted by Crippen LogP contribution is -2.33. The van der Waals surface area contributed by atoms with Crippen molar-refractivity contribution in [3.05, 3.63) is 34.9 Å². The molecule has 0 radical (unpaired) electrons. The van der Waals surface area contributed by atoms with E-state index in [-0.39, 0.29) is 18.1 Å². The van der Waals surface area contributed by atoms with Gasteiger partial charge in [-0.1, -0.05) is 37.6 Å². The Morgan fingerprint density at radius 2 is 2.20 bits per heavy atom. The lowest BCUT2D eigenvalue weighted by molar-refractivity contribution is -0.130. The maximum absolute atomic E-state index is 12.5. The zero-order valence-corrected chi connectivity index (χ0v) is 12.7. The van der Waals surface area contributed by atoms with Crippen molar-refractivity contribution in [1.29, 1.82) is 0 Å². The predicted molar refractivity (Wildman–Crippen MR) is 80.4 cm³/mol. The molecule has 1 aliphatic carbocycles. The van der Waals surface area contributed by atoms with Gasteiger partial charge >= 0.3 is 0 Å². The van der Waals surface area contributed by atoms with E-state index in [1.54, 1.807) is 0 Å². The number of benzene rings is 1. The van der Waals surface area contributed by atoms with Crippen molar-refractivity contribution in [3.8, 4) is 0 Å². The lowest BCUT2D eigenvalue weighted by atomic mass is 10.1. The lowest BCUT2D eigenvalue weighted by Gasteiger charge is -2.25. The van der Waals surface area contributed by atoms with Crippen LogP contribution in [0.15, 0.2) is 24.3 Å². The first-order chi connectivity index (χ1) is 9.60. The molecule has 0 bridgehead atoms. The second-order valence-corrected chi connectivity index (χ2v) is 6.49. The van der Waals surface area contributed by atoms with Crippen LogP contribution in [-0.2, 0) is 4.79 Å². The number of nitrogens with one attached hydrogen (secondary N) is 1. The van der Waals surface area contributed by atoms with E-state index in [9.17, 15) is 4.79 Å². The van der Waals surface area contributed by atoms with Crippen LogP contribution in [0.1, 0.15) is 38.4 Å². The van der Waals surface area contributed by atoms with E-state index >= 15 is 0 Å². The fraction of sp³-hybridized carbons (Fsp3) is 0.562. The van der Waals surface area contributed by atoms with Crippen LogP contribution < -0.4 is 5.32 Å². The van der Waals surface area contributed by atoms with E-state index in [1.165, 1.54) is 6.42 Å². The Kier molecular flexibility index (Phi) is 3.74. The molecule has 1 aromatic carbocycles. The maximum atomic E-state index is 12.5. The van der Waals surface area contributed by atoms with E-state index in [0.29, 0.717) is 5.92 Å². The summed E-state index contributed by atoms with van der Waals surface area (Å²) in [5, 5.41) is 4.17. The molecule has 2 aliphatic rings. The highest BCUT2D eigenvalue weighted by molar-refractivity contribution is 6.30.